The second kappa shape index (κ2) is 9.01. The van der Waals surface area contributed by atoms with Crippen molar-refractivity contribution in [3.8, 4) is 11.5 Å². The van der Waals surface area contributed by atoms with Crippen LogP contribution in [-0.2, 0) is 10.2 Å². The Morgan fingerprint density at radius 1 is 1.07 bits per heavy atom. The Morgan fingerprint density at radius 3 is 2.55 bits per heavy atom. The molecule has 4 rings (SSSR count). The first-order valence-corrected chi connectivity index (χ1v) is 11.1. The smallest absolute Gasteiger partial charge is 0.277 e. The van der Waals surface area contributed by atoms with Gasteiger partial charge in [-0.25, -0.2) is 0 Å². The van der Waals surface area contributed by atoms with E-state index in [1.165, 1.54) is 30.2 Å². The molecule has 1 aliphatic rings. The molecule has 1 heterocycles. The third-order valence-electron chi connectivity index (χ3n) is 5.41. The minimum Gasteiger partial charge on any atom is -0.411 e. The van der Waals surface area contributed by atoms with Crippen LogP contribution in [-0.4, -0.2) is 28.4 Å². The number of nitrogens with zero attached hydrogens (tertiary/aromatic N) is 2. The third-order valence-corrected chi connectivity index (χ3v) is 6.56. The van der Waals surface area contributed by atoms with Gasteiger partial charge in [-0.1, -0.05) is 78.7 Å². The summed E-state index contributed by atoms with van der Waals surface area (Å²) in [6.07, 6.45) is 4.61. The van der Waals surface area contributed by atoms with Crippen molar-refractivity contribution < 1.29 is 9.21 Å². The molecular formula is C22H22ClN3O2S. The first kappa shape index (κ1) is 20.0. The minimum atomic E-state index is -0.0327. The number of carbonyl (C=O) groups excluding carboxylic acids is 1. The van der Waals surface area contributed by atoms with E-state index in [1.807, 2.05) is 24.3 Å². The molecule has 1 saturated carbocycles. The van der Waals surface area contributed by atoms with Gasteiger partial charge in [0.05, 0.1) is 16.3 Å². The van der Waals surface area contributed by atoms with Gasteiger partial charge in [0, 0.05) is 12.0 Å². The topological polar surface area (TPSA) is 68.0 Å². The van der Waals surface area contributed by atoms with E-state index < -0.39 is 0 Å². The fraction of sp³-hybridized carbons (Fsp3) is 0.318. The van der Waals surface area contributed by atoms with Crippen molar-refractivity contribution in [2.24, 2.45) is 0 Å². The Morgan fingerprint density at radius 2 is 1.79 bits per heavy atom. The van der Waals surface area contributed by atoms with E-state index >= 15 is 0 Å². The van der Waals surface area contributed by atoms with Crippen LogP contribution in [0.2, 0.25) is 5.02 Å². The van der Waals surface area contributed by atoms with Crippen LogP contribution >= 0.6 is 23.4 Å². The first-order chi connectivity index (χ1) is 14.2. The van der Waals surface area contributed by atoms with Crippen LogP contribution in [0.3, 0.4) is 0 Å². The Hall–Kier alpha value is -2.31. The lowest BCUT2D eigenvalue weighted by atomic mass is 9.79. The summed E-state index contributed by atoms with van der Waals surface area (Å²) in [5, 5.41) is 12.1. The zero-order chi connectivity index (χ0) is 20.1. The standard InChI is InChI=1S/C22H22ClN3O2S/c23-18-11-5-4-10-17(18)20-25-26-21(28-20)29-14-19(27)24-15-22(12-6-7-13-22)16-8-2-1-3-9-16/h1-5,8-11H,6-7,12-15H2,(H,24,27). The highest BCUT2D eigenvalue weighted by molar-refractivity contribution is 7.99. The summed E-state index contributed by atoms with van der Waals surface area (Å²) in [6, 6.07) is 17.8. The first-order valence-electron chi connectivity index (χ1n) is 9.70. The van der Waals surface area contributed by atoms with Crippen LogP contribution in [0.25, 0.3) is 11.5 Å². The van der Waals surface area contributed by atoms with Gasteiger partial charge in [-0.3, -0.25) is 4.79 Å². The normalized spacial score (nSPS) is 15.3. The number of nitrogens with one attached hydrogen (secondary N) is 1. The Labute approximate surface area is 179 Å². The number of halogens is 1. The lowest BCUT2D eigenvalue weighted by molar-refractivity contribution is -0.118. The summed E-state index contributed by atoms with van der Waals surface area (Å²) < 4.78 is 5.64. The summed E-state index contributed by atoms with van der Waals surface area (Å²) in [5.74, 6) is 0.553. The highest BCUT2D eigenvalue weighted by Crippen LogP contribution is 2.40. The molecule has 1 N–H and O–H groups in total. The molecule has 1 fully saturated rings. The summed E-state index contributed by atoms with van der Waals surface area (Å²) in [5.41, 5.74) is 2.04. The molecule has 0 atom stereocenters. The van der Waals surface area contributed by atoms with Crippen molar-refractivity contribution in [2.75, 3.05) is 12.3 Å². The predicted molar refractivity (Wildman–Crippen MR) is 115 cm³/mol. The van der Waals surface area contributed by atoms with Crippen molar-refractivity contribution in [2.45, 2.75) is 36.3 Å². The molecule has 0 saturated heterocycles. The van der Waals surface area contributed by atoms with E-state index in [2.05, 4.69) is 39.8 Å². The summed E-state index contributed by atoms with van der Waals surface area (Å²) in [6.45, 7) is 0.658. The number of thioether (sulfide) groups is 1. The maximum atomic E-state index is 12.4. The number of rotatable bonds is 7. The van der Waals surface area contributed by atoms with Crippen LogP contribution in [0.1, 0.15) is 31.2 Å². The molecule has 150 valence electrons. The average Bonchev–Trinajstić information content (AvgIpc) is 3.42. The van der Waals surface area contributed by atoms with Crippen molar-refractivity contribution in [1.29, 1.82) is 0 Å². The quantitative estimate of drug-likeness (QED) is 0.530. The predicted octanol–water partition coefficient (Wildman–Crippen LogP) is 5.11. The summed E-state index contributed by atoms with van der Waals surface area (Å²) in [7, 11) is 0. The highest BCUT2D eigenvalue weighted by Gasteiger charge is 2.35. The molecule has 7 heteroatoms. The molecule has 1 aromatic heterocycles. The van der Waals surface area contributed by atoms with E-state index in [0.717, 1.165) is 12.8 Å². The van der Waals surface area contributed by atoms with Gasteiger partial charge in [-0.15, -0.1) is 10.2 Å². The molecule has 2 aromatic carbocycles. The molecule has 3 aromatic rings. The monoisotopic (exact) mass is 427 g/mol. The maximum Gasteiger partial charge on any atom is 0.277 e. The largest absolute Gasteiger partial charge is 0.411 e. The summed E-state index contributed by atoms with van der Waals surface area (Å²) in [4.78, 5) is 12.4. The van der Waals surface area contributed by atoms with E-state index in [0.29, 0.717) is 28.2 Å². The molecule has 0 aliphatic heterocycles. The van der Waals surface area contributed by atoms with Gasteiger partial charge in [0.2, 0.25) is 11.8 Å². The number of benzene rings is 2. The molecular weight excluding hydrogens is 406 g/mol. The van der Waals surface area contributed by atoms with Gasteiger partial charge in [-0.2, -0.15) is 0 Å². The van der Waals surface area contributed by atoms with Crippen LogP contribution in [0.4, 0.5) is 0 Å². The number of hydrogen-bond acceptors (Lipinski definition) is 5. The van der Waals surface area contributed by atoms with E-state index in [9.17, 15) is 4.79 Å². The number of amides is 1. The second-order valence-corrected chi connectivity index (χ2v) is 8.61. The third kappa shape index (κ3) is 4.65. The van der Waals surface area contributed by atoms with E-state index in [-0.39, 0.29) is 17.1 Å². The number of carbonyl (C=O) groups is 1. The van der Waals surface area contributed by atoms with Gasteiger partial charge in [0.1, 0.15) is 0 Å². The van der Waals surface area contributed by atoms with Gasteiger partial charge in [0.25, 0.3) is 5.22 Å². The van der Waals surface area contributed by atoms with Crippen LogP contribution < -0.4 is 5.32 Å². The van der Waals surface area contributed by atoms with Crippen molar-refractivity contribution in [1.82, 2.24) is 15.5 Å². The molecule has 1 amide bonds. The van der Waals surface area contributed by atoms with Gasteiger partial charge in [-0.05, 0) is 30.5 Å². The molecule has 5 nitrogen and oxygen atoms in total. The van der Waals surface area contributed by atoms with Crippen LogP contribution in [0.5, 0.6) is 0 Å². The highest BCUT2D eigenvalue weighted by atomic mass is 35.5. The number of hydrogen-bond donors (Lipinski definition) is 1. The second-order valence-electron chi connectivity index (χ2n) is 7.27. The molecule has 1 aliphatic carbocycles. The van der Waals surface area contributed by atoms with Crippen LogP contribution in [0, 0.1) is 0 Å². The lowest BCUT2D eigenvalue weighted by Crippen LogP contribution is -2.39. The van der Waals surface area contributed by atoms with E-state index in [1.54, 1.807) is 6.07 Å². The van der Waals surface area contributed by atoms with Crippen molar-refractivity contribution >= 4 is 29.3 Å². The molecule has 0 radical (unpaired) electrons. The van der Waals surface area contributed by atoms with Crippen LogP contribution in [0.15, 0.2) is 64.2 Å². The van der Waals surface area contributed by atoms with Gasteiger partial charge >= 0.3 is 0 Å². The lowest BCUT2D eigenvalue weighted by Gasteiger charge is -2.30. The molecule has 0 bridgehead atoms. The Kier molecular flexibility index (Phi) is 6.21. The fourth-order valence-electron chi connectivity index (χ4n) is 3.87. The van der Waals surface area contributed by atoms with E-state index in [4.69, 9.17) is 16.0 Å². The SMILES string of the molecule is O=C(CSc1nnc(-c2ccccc2Cl)o1)NCC1(c2ccccc2)CCCC1. The van der Waals surface area contributed by atoms with Gasteiger partial charge < -0.3 is 9.73 Å². The summed E-state index contributed by atoms with van der Waals surface area (Å²) >= 11 is 7.40. The molecule has 0 unspecified atom stereocenters. The van der Waals surface area contributed by atoms with Gasteiger partial charge in [0.15, 0.2) is 0 Å². The maximum absolute atomic E-state index is 12.4. The molecule has 29 heavy (non-hydrogen) atoms. The minimum absolute atomic E-state index is 0.0327. The fourth-order valence-corrected chi connectivity index (χ4v) is 4.68. The Bertz CT molecular complexity index is 971. The average molecular weight is 428 g/mol. The Balaban J connectivity index is 1.33. The van der Waals surface area contributed by atoms with Crippen molar-refractivity contribution in [3.05, 3.63) is 65.2 Å². The molecule has 0 spiro atoms. The van der Waals surface area contributed by atoms with Crippen molar-refractivity contribution in [3.63, 3.8) is 0 Å². The zero-order valence-corrected chi connectivity index (χ0v) is 17.5. The number of aromatic nitrogens is 2. The zero-order valence-electron chi connectivity index (χ0n) is 15.9.